The predicted octanol–water partition coefficient (Wildman–Crippen LogP) is 3.40. The number of hydrogen-bond acceptors (Lipinski definition) is 12. The van der Waals surface area contributed by atoms with E-state index in [1.54, 1.807) is 65.2 Å². The summed E-state index contributed by atoms with van der Waals surface area (Å²) in [5, 5.41) is 17.4. The van der Waals surface area contributed by atoms with Crippen LogP contribution in [0.25, 0.3) is 6.08 Å². The zero-order valence-electron chi connectivity index (χ0n) is 35.6. The topological polar surface area (TPSA) is 182 Å². The number of carbonyl (C=O) groups excluding carboxylic acids is 5. The van der Waals surface area contributed by atoms with Gasteiger partial charge in [0.2, 0.25) is 11.8 Å². The first-order valence-electron chi connectivity index (χ1n) is 21.1. The normalized spacial score (nSPS) is 26.1. The van der Waals surface area contributed by atoms with Crippen LogP contribution in [0.15, 0.2) is 78.9 Å². The molecular formula is C47H54N4O11. The molecule has 4 fully saturated rings. The summed E-state index contributed by atoms with van der Waals surface area (Å²) in [5.74, 6) is -3.14. The SMILES string of the molecule is CN(C)C(=O)C=Cc1ccccc1CN1OC2C3OC4(Cc5ccccc5C4)OC3C3CC2(C(=O)NCc2cccc(C(=O)NC(CO)CCC(=O)OC(C)(C)C)c2)C1C(=O)O3. The van der Waals surface area contributed by atoms with Gasteiger partial charge in [0.1, 0.15) is 35.4 Å². The van der Waals surface area contributed by atoms with Gasteiger partial charge in [-0.1, -0.05) is 60.7 Å². The molecule has 62 heavy (non-hydrogen) atoms. The fourth-order valence-corrected chi connectivity index (χ4v) is 9.41. The standard InChI is InChI=1S/C47H54N4O11/c1-45(2,3)59-37(54)20-18-34(27-52)49-42(55)30-16-10-11-28(21-30)25-48-44(57)47-24-35-38-39(61-46(60-38)22-31-13-7-8-14-32(31)23-46)41(47)62-51(40(47)43(56)58-35)26-33-15-9-6-12-29(33)17-19-36(53)50(4)5/h6-17,19,21,34-35,38-41,52H,18,20,22-27H2,1-5H3,(H,48,57)(H,49,55). The molecule has 328 valence electrons. The van der Waals surface area contributed by atoms with Crippen molar-refractivity contribution >= 4 is 35.7 Å². The fraction of sp³-hybridized carbons (Fsp3) is 0.468. The molecule has 0 radical (unpaired) electrons. The largest absolute Gasteiger partial charge is 0.460 e. The van der Waals surface area contributed by atoms with Crippen LogP contribution in [0.3, 0.4) is 0 Å². The number of hydrogen-bond donors (Lipinski definition) is 3. The maximum Gasteiger partial charge on any atom is 0.327 e. The van der Waals surface area contributed by atoms with Crippen LogP contribution in [-0.2, 0) is 68.9 Å². The van der Waals surface area contributed by atoms with E-state index in [4.69, 9.17) is 23.8 Å². The van der Waals surface area contributed by atoms with Crippen LogP contribution in [0.5, 0.6) is 0 Å². The number of nitrogens with zero attached hydrogens (tertiary/aromatic N) is 2. The Morgan fingerprint density at radius 2 is 1.69 bits per heavy atom. The molecule has 3 heterocycles. The Labute approximate surface area is 360 Å². The molecule has 3 aromatic rings. The van der Waals surface area contributed by atoms with Gasteiger partial charge in [0.25, 0.3) is 5.91 Å². The van der Waals surface area contributed by atoms with E-state index in [0.717, 1.165) is 22.3 Å². The zero-order chi connectivity index (χ0) is 44.0. The Bertz CT molecular complexity index is 2250. The molecule has 15 heteroatoms. The van der Waals surface area contributed by atoms with E-state index in [9.17, 15) is 29.1 Å². The first-order chi connectivity index (χ1) is 29.6. The molecule has 0 aromatic heterocycles. The molecule has 3 aliphatic heterocycles. The van der Waals surface area contributed by atoms with E-state index in [1.807, 2.05) is 48.5 Å². The molecule has 3 amide bonds. The van der Waals surface area contributed by atoms with Crippen LogP contribution < -0.4 is 10.6 Å². The summed E-state index contributed by atoms with van der Waals surface area (Å²) in [6, 6.07) is 20.4. The number of fused-ring (bicyclic) bond motifs is 5. The van der Waals surface area contributed by atoms with Gasteiger partial charge in [-0.25, -0.2) is 0 Å². The summed E-state index contributed by atoms with van der Waals surface area (Å²) < 4.78 is 25.2. The quantitative estimate of drug-likeness (QED) is 0.169. The number of nitrogens with one attached hydrogen (secondary N) is 2. The number of rotatable bonds is 13. The number of carbonyl (C=O) groups is 5. The van der Waals surface area contributed by atoms with Crippen LogP contribution >= 0.6 is 0 Å². The summed E-state index contributed by atoms with van der Waals surface area (Å²) in [7, 11) is 3.34. The van der Waals surface area contributed by atoms with Crippen LogP contribution in [0, 0.1) is 5.41 Å². The monoisotopic (exact) mass is 850 g/mol. The van der Waals surface area contributed by atoms with Gasteiger partial charge >= 0.3 is 11.9 Å². The summed E-state index contributed by atoms with van der Waals surface area (Å²) in [6.07, 6.45) is 1.33. The maximum absolute atomic E-state index is 15.0. The van der Waals surface area contributed by atoms with Crippen molar-refractivity contribution in [3.63, 3.8) is 0 Å². The predicted molar refractivity (Wildman–Crippen MR) is 223 cm³/mol. The van der Waals surface area contributed by atoms with Crippen molar-refractivity contribution in [1.29, 1.82) is 0 Å². The van der Waals surface area contributed by atoms with Crippen molar-refractivity contribution < 1.29 is 52.9 Å². The highest BCUT2D eigenvalue weighted by Gasteiger charge is 2.76. The molecule has 3 N–H and O–H groups in total. The highest BCUT2D eigenvalue weighted by Crippen LogP contribution is 2.58. The summed E-state index contributed by atoms with van der Waals surface area (Å²) in [5.41, 5.74) is 2.50. The van der Waals surface area contributed by atoms with Crippen molar-refractivity contribution in [2.24, 2.45) is 5.41 Å². The maximum atomic E-state index is 15.0. The van der Waals surface area contributed by atoms with Gasteiger partial charge in [0.05, 0.1) is 19.2 Å². The molecular weight excluding hydrogens is 797 g/mol. The van der Waals surface area contributed by atoms with Gasteiger partial charge in [0, 0.05) is 58.0 Å². The lowest BCUT2D eigenvalue weighted by Crippen LogP contribution is -2.69. The second-order valence-corrected chi connectivity index (χ2v) is 18.0. The van der Waals surface area contributed by atoms with Gasteiger partial charge in [-0.05, 0) is 73.2 Å². The molecule has 2 bridgehead atoms. The Morgan fingerprint density at radius 3 is 2.40 bits per heavy atom. The summed E-state index contributed by atoms with van der Waals surface area (Å²) in [4.78, 5) is 75.6. The number of amides is 3. The number of esters is 2. The zero-order valence-corrected chi connectivity index (χ0v) is 35.6. The van der Waals surface area contributed by atoms with Crippen molar-refractivity contribution in [2.45, 2.75) is 114 Å². The van der Waals surface area contributed by atoms with Gasteiger partial charge in [0.15, 0.2) is 11.8 Å². The third kappa shape index (κ3) is 8.51. The van der Waals surface area contributed by atoms with Crippen molar-refractivity contribution in [1.82, 2.24) is 20.6 Å². The Morgan fingerprint density at radius 1 is 0.984 bits per heavy atom. The van der Waals surface area contributed by atoms with Crippen molar-refractivity contribution in [2.75, 3.05) is 20.7 Å². The second kappa shape index (κ2) is 17.0. The van der Waals surface area contributed by atoms with E-state index in [0.29, 0.717) is 24.0 Å². The minimum Gasteiger partial charge on any atom is -0.460 e. The number of hydroxylamine groups is 2. The van der Waals surface area contributed by atoms with Crippen LogP contribution in [0.2, 0.25) is 0 Å². The number of aliphatic hydroxyl groups excluding tert-OH is 1. The third-order valence-electron chi connectivity index (χ3n) is 12.3. The highest BCUT2D eigenvalue weighted by molar-refractivity contribution is 5.95. The van der Waals surface area contributed by atoms with Crippen molar-refractivity contribution in [3.8, 4) is 0 Å². The average Bonchev–Trinajstić information content (AvgIpc) is 3.91. The van der Waals surface area contributed by atoms with Crippen molar-refractivity contribution in [3.05, 3.63) is 112 Å². The lowest BCUT2D eigenvalue weighted by molar-refractivity contribution is -0.217. The lowest BCUT2D eigenvalue weighted by Gasteiger charge is -2.48. The summed E-state index contributed by atoms with van der Waals surface area (Å²) in [6.45, 7) is 5.03. The smallest absolute Gasteiger partial charge is 0.327 e. The molecule has 3 aromatic carbocycles. The van der Waals surface area contributed by atoms with Crippen LogP contribution in [-0.4, -0.2) is 113 Å². The van der Waals surface area contributed by atoms with Gasteiger partial charge < -0.3 is 39.6 Å². The first-order valence-corrected chi connectivity index (χ1v) is 21.1. The van der Waals surface area contributed by atoms with E-state index < -0.39 is 77.1 Å². The minimum absolute atomic E-state index is 0.0150. The molecule has 7 unspecified atom stereocenters. The van der Waals surface area contributed by atoms with Gasteiger partial charge in [-0.2, -0.15) is 5.06 Å². The highest BCUT2D eigenvalue weighted by atomic mass is 16.8. The Hall–Kier alpha value is -5.45. The Kier molecular flexibility index (Phi) is 11.9. The number of benzene rings is 3. The summed E-state index contributed by atoms with van der Waals surface area (Å²) >= 11 is 0. The molecule has 5 aliphatic rings. The second-order valence-electron chi connectivity index (χ2n) is 18.0. The molecule has 3 saturated heterocycles. The first kappa shape index (κ1) is 43.2. The average molecular weight is 851 g/mol. The molecule has 1 saturated carbocycles. The van der Waals surface area contributed by atoms with E-state index >= 15 is 0 Å². The molecule has 8 rings (SSSR count). The number of aliphatic hydroxyl groups is 1. The molecule has 1 spiro atoms. The van der Waals surface area contributed by atoms with E-state index in [-0.39, 0.29) is 44.9 Å². The Balaban J connectivity index is 1.04. The number of likely N-dealkylation sites (N-methyl/N-ethyl adjacent to an activating group) is 1. The molecule has 15 nitrogen and oxygen atoms in total. The van der Waals surface area contributed by atoms with Crippen LogP contribution in [0.4, 0.5) is 0 Å². The molecule has 7 atom stereocenters. The number of ether oxygens (including phenoxy) is 4. The fourth-order valence-electron chi connectivity index (χ4n) is 9.41. The minimum atomic E-state index is -1.45. The van der Waals surface area contributed by atoms with Crippen LogP contribution in [0.1, 0.15) is 78.2 Å². The lowest BCUT2D eigenvalue weighted by atomic mass is 9.62. The van der Waals surface area contributed by atoms with Gasteiger partial charge in [-0.3, -0.25) is 28.8 Å². The van der Waals surface area contributed by atoms with E-state index in [2.05, 4.69) is 10.6 Å². The van der Waals surface area contributed by atoms with Gasteiger partial charge in [-0.15, -0.1) is 0 Å². The third-order valence-corrected chi connectivity index (χ3v) is 12.3. The van der Waals surface area contributed by atoms with E-state index in [1.165, 1.54) is 16.0 Å². The molecule has 2 aliphatic carbocycles.